The molecule has 0 spiro atoms. The zero-order valence-electron chi connectivity index (χ0n) is 23.2. The van der Waals surface area contributed by atoms with Gasteiger partial charge in [-0.15, -0.1) is 17.8 Å². The number of thioether (sulfide) groups is 1. The van der Waals surface area contributed by atoms with Crippen LogP contribution in [0.3, 0.4) is 0 Å². The maximum absolute atomic E-state index is 13.5. The van der Waals surface area contributed by atoms with Gasteiger partial charge in [0.15, 0.2) is 0 Å². The van der Waals surface area contributed by atoms with E-state index in [0.717, 1.165) is 36.5 Å². The Hall–Kier alpha value is -2.36. The van der Waals surface area contributed by atoms with Crippen LogP contribution in [0.15, 0.2) is 59.6 Å². The second-order valence-electron chi connectivity index (χ2n) is 9.60. The first-order valence-electron chi connectivity index (χ1n) is 12.9. The smallest absolute Gasteiger partial charge is 0.406 e. The number of likely N-dealkylation sites (tertiary alicyclic amines) is 1. The predicted molar refractivity (Wildman–Crippen MR) is 158 cm³/mol. The molecule has 1 aromatic heterocycles. The molecule has 12 heteroatoms. The molecule has 1 saturated heterocycles. The number of benzene rings is 2. The second kappa shape index (κ2) is 15.2. The summed E-state index contributed by atoms with van der Waals surface area (Å²) < 4.78 is 47.3. The summed E-state index contributed by atoms with van der Waals surface area (Å²) in [5.41, 5.74) is 16.3. The SMILES string of the molecule is C=C(N)CN1CCC([N-]Nc2cccc3c2cc(C#CCNc2ccc(SC)cc2OC)n3CC(F)(F)F)CC1.[Y]. The number of methoxy groups -OCH3 is 1. The van der Waals surface area contributed by atoms with Gasteiger partial charge in [0.1, 0.15) is 12.3 Å². The third-order valence-electron chi connectivity index (χ3n) is 6.63. The summed E-state index contributed by atoms with van der Waals surface area (Å²) in [5, 5.41) is 3.82. The molecule has 4 rings (SSSR count). The summed E-state index contributed by atoms with van der Waals surface area (Å²) in [6, 6.07) is 12.8. The van der Waals surface area contributed by atoms with Crippen LogP contribution in [0.25, 0.3) is 16.3 Å². The van der Waals surface area contributed by atoms with Gasteiger partial charge in [-0.1, -0.05) is 31.4 Å². The number of hydrogen-bond donors (Lipinski definition) is 3. The average Bonchev–Trinajstić information content (AvgIpc) is 3.26. The second-order valence-corrected chi connectivity index (χ2v) is 10.5. The van der Waals surface area contributed by atoms with E-state index < -0.39 is 12.7 Å². The van der Waals surface area contributed by atoms with Gasteiger partial charge in [-0.2, -0.15) is 13.2 Å². The van der Waals surface area contributed by atoms with E-state index in [1.54, 1.807) is 37.1 Å². The van der Waals surface area contributed by atoms with E-state index in [9.17, 15) is 13.2 Å². The van der Waals surface area contributed by atoms with Gasteiger partial charge in [0.25, 0.3) is 0 Å². The third-order valence-corrected chi connectivity index (χ3v) is 7.35. The predicted octanol–water partition coefficient (Wildman–Crippen LogP) is 6.03. The largest absolute Gasteiger partial charge is 0.568 e. The molecule has 0 bridgehead atoms. The summed E-state index contributed by atoms with van der Waals surface area (Å²) in [7, 11) is 1.59. The number of anilines is 2. The van der Waals surface area contributed by atoms with Crippen molar-refractivity contribution in [1.82, 2.24) is 9.47 Å². The molecule has 41 heavy (non-hydrogen) atoms. The van der Waals surface area contributed by atoms with Crippen LogP contribution >= 0.6 is 11.8 Å². The molecule has 2 aromatic carbocycles. The first kappa shape index (κ1) is 33.1. The van der Waals surface area contributed by atoms with Crippen molar-refractivity contribution in [2.45, 2.75) is 36.5 Å². The summed E-state index contributed by atoms with van der Waals surface area (Å²) >= 11 is 1.60. The van der Waals surface area contributed by atoms with Gasteiger partial charge in [-0.05, 0) is 61.7 Å². The molecule has 4 N–H and O–H groups in total. The van der Waals surface area contributed by atoms with E-state index in [1.807, 2.05) is 30.5 Å². The minimum absolute atomic E-state index is 0. The fraction of sp³-hybridized carbons (Fsp3) is 0.379. The summed E-state index contributed by atoms with van der Waals surface area (Å²) in [4.78, 5) is 3.30. The number of rotatable bonds is 10. The van der Waals surface area contributed by atoms with Crippen LogP contribution < -0.4 is 21.2 Å². The van der Waals surface area contributed by atoms with Gasteiger partial charge >= 0.3 is 6.18 Å². The zero-order chi connectivity index (χ0) is 28.7. The van der Waals surface area contributed by atoms with E-state index in [0.29, 0.717) is 34.6 Å². The minimum Gasteiger partial charge on any atom is -0.568 e. The molecule has 217 valence electrons. The van der Waals surface area contributed by atoms with Crippen molar-refractivity contribution in [2.75, 3.05) is 50.3 Å². The van der Waals surface area contributed by atoms with Gasteiger partial charge in [0.05, 0.1) is 30.6 Å². The molecule has 1 radical (unpaired) electrons. The Kier molecular flexibility index (Phi) is 12.3. The number of nitrogens with one attached hydrogen (secondary N) is 2. The molecule has 1 aliphatic heterocycles. The van der Waals surface area contributed by atoms with Crippen molar-refractivity contribution in [3.8, 4) is 17.6 Å². The molecule has 7 nitrogen and oxygen atoms in total. The molecule has 0 aliphatic carbocycles. The Morgan fingerprint density at radius 2 is 1.95 bits per heavy atom. The van der Waals surface area contributed by atoms with Gasteiger partial charge in [-0.3, -0.25) is 4.90 Å². The Labute approximate surface area is 268 Å². The number of halogens is 3. The van der Waals surface area contributed by atoms with Crippen LogP contribution in [0.2, 0.25) is 0 Å². The maximum atomic E-state index is 13.5. The summed E-state index contributed by atoms with van der Waals surface area (Å²) in [6.45, 7) is 5.25. The number of ether oxygens (including phenoxy) is 1. The van der Waals surface area contributed by atoms with Crippen LogP contribution in [0.5, 0.6) is 5.75 Å². The zero-order valence-corrected chi connectivity index (χ0v) is 26.9. The van der Waals surface area contributed by atoms with E-state index >= 15 is 0 Å². The third kappa shape index (κ3) is 9.32. The van der Waals surface area contributed by atoms with Crippen molar-refractivity contribution in [3.05, 3.63) is 65.9 Å². The van der Waals surface area contributed by atoms with Gasteiger partial charge < -0.3 is 31.2 Å². The van der Waals surface area contributed by atoms with E-state index in [2.05, 4.69) is 39.5 Å². The van der Waals surface area contributed by atoms with Crippen molar-refractivity contribution >= 4 is 34.0 Å². The standard InChI is InChI=1S/C29H34F3N6OS.Y/c1-20(33)18-37-14-11-21(12-15-37)35-36-25-7-4-8-27-24(25)16-22(38(27)19-29(30,31)32)6-5-13-34-26-10-9-23(40-3)17-28(26)39-2;/h4,7-10,16-17,21,34,36H,1,11-15,18-19,33H2,2-3H3;/q-1;. The number of nitrogens with zero attached hydrogens (tertiary/aromatic N) is 3. The number of alkyl halides is 3. The topological polar surface area (TPSA) is 81.6 Å². The van der Waals surface area contributed by atoms with Gasteiger partial charge in [0, 0.05) is 60.9 Å². The van der Waals surface area contributed by atoms with Crippen LogP contribution in [0.4, 0.5) is 24.5 Å². The summed E-state index contributed by atoms with van der Waals surface area (Å²) in [5.74, 6) is 6.57. The van der Waals surface area contributed by atoms with Crippen molar-refractivity contribution in [2.24, 2.45) is 5.73 Å². The molecule has 0 saturated carbocycles. The molecule has 0 unspecified atom stereocenters. The molecule has 2 heterocycles. The average molecular weight is 661 g/mol. The molecule has 1 fully saturated rings. The number of hydrogen-bond acceptors (Lipinski definition) is 6. The minimum atomic E-state index is -4.40. The molecule has 1 aliphatic rings. The molecule has 3 aromatic rings. The molecular weight excluding hydrogens is 626 g/mol. The monoisotopic (exact) mass is 660 g/mol. The van der Waals surface area contributed by atoms with E-state index in [1.165, 1.54) is 4.57 Å². The number of piperidine rings is 1. The van der Waals surface area contributed by atoms with Crippen LogP contribution in [0.1, 0.15) is 18.5 Å². The fourth-order valence-corrected chi connectivity index (χ4v) is 5.14. The first-order valence-corrected chi connectivity index (χ1v) is 14.1. The quantitative estimate of drug-likeness (QED) is 0.140. The van der Waals surface area contributed by atoms with Gasteiger partial charge in [0.2, 0.25) is 0 Å². The molecular formula is C29H34F3N6OSY-. The van der Waals surface area contributed by atoms with E-state index in [-0.39, 0.29) is 51.0 Å². The number of fused-ring (bicyclic) bond motifs is 1. The maximum Gasteiger partial charge on any atom is 0.406 e. The summed E-state index contributed by atoms with van der Waals surface area (Å²) in [6.07, 6.45) is -0.698. The number of aromatic nitrogens is 1. The molecule has 0 atom stereocenters. The Morgan fingerprint density at radius 3 is 2.61 bits per heavy atom. The number of nitrogens with two attached hydrogens (primary N) is 1. The Morgan fingerprint density at radius 1 is 1.20 bits per heavy atom. The first-order chi connectivity index (χ1) is 19.2. The fourth-order valence-electron chi connectivity index (χ4n) is 4.71. The van der Waals surface area contributed by atoms with E-state index in [4.69, 9.17) is 10.5 Å². The van der Waals surface area contributed by atoms with Crippen molar-refractivity contribution in [1.29, 1.82) is 0 Å². The molecule has 0 amide bonds. The van der Waals surface area contributed by atoms with Crippen molar-refractivity contribution < 1.29 is 50.6 Å². The van der Waals surface area contributed by atoms with Gasteiger partial charge in [-0.25, -0.2) is 0 Å². The van der Waals surface area contributed by atoms with Crippen molar-refractivity contribution in [3.63, 3.8) is 0 Å². The Bertz CT molecular complexity index is 1390. The normalized spacial score (nSPS) is 14.2. The van der Waals surface area contributed by atoms with Crippen LogP contribution in [-0.4, -0.2) is 61.2 Å². The van der Waals surface area contributed by atoms with Crippen LogP contribution in [0, 0.1) is 11.8 Å². The Balaban J connectivity index is 0.00000462. The van der Waals surface area contributed by atoms with Crippen LogP contribution in [-0.2, 0) is 39.3 Å².